The molecule has 1 aromatic rings. The van der Waals surface area contributed by atoms with Crippen LogP contribution in [0.25, 0.3) is 0 Å². The first-order valence-electron chi connectivity index (χ1n) is 4.75. The summed E-state index contributed by atoms with van der Waals surface area (Å²) < 4.78 is 22.3. The van der Waals surface area contributed by atoms with E-state index in [2.05, 4.69) is 0 Å². The molecule has 0 fully saturated rings. The van der Waals surface area contributed by atoms with Gasteiger partial charge in [-0.05, 0) is 29.9 Å². The molecule has 0 aliphatic rings. The largest absolute Gasteiger partial charge is 0.439 e. The molecule has 0 spiro atoms. The van der Waals surface area contributed by atoms with Crippen molar-refractivity contribution in [1.82, 2.24) is 0 Å². The Labute approximate surface area is 94.5 Å². The van der Waals surface area contributed by atoms with Crippen LogP contribution in [0.4, 0.5) is 0 Å². The number of para-hydroxylation sites is 1. The molecule has 0 bridgehead atoms. The summed E-state index contributed by atoms with van der Waals surface area (Å²) in [6, 6.07) is 9.07. The van der Waals surface area contributed by atoms with Crippen LogP contribution in [0.3, 0.4) is 0 Å². The van der Waals surface area contributed by atoms with Crippen molar-refractivity contribution in [3.63, 3.8) is 0 Å². The van der Waals surface area contributed by atoms with Crippen LogP contribution in [0.1, 0.15) is 13.3 Å². The lowest BCUT2D eigenvalue weighted by Gasteiger charge is -2.15. The zero-order chi connectivity index (χ0) is 11.1. The minimum absolute atomic E-state index is 0.575. The molecule has 0 radical (unpaired) electrons. The van der Waals surface area contributed by atoms with E-state index in [-0.39, 0.29) is 0 Å². The van der Waals surface area contributed by atoms with Gasteiger partial charge in [0.25, 0.3) is 0 Å². The maximum Gasteiger partial charge on any atom is 0.439 e. The van der Waals surface area contributed by atoms with Gasteiger partial charge in [0.1, 0.15) is 5.75 Å². The predicted octanol–water partition coefficient (Wildman–Crippen LogP) is 3.96. The molecular formula is C10H15O3PS. The summed E-state index contributed by atoms with van der Waals surface area (Å²) in [7, 11) is 1.41. The highest BCUT2D eigenvalue weighted by Crippen LogP contribution is 2.59. The Balaban J connectivity index is 2.64. The van der Waals surface area contributed by atoms with E-state index in [1.165, 1.54) is 18.5 Å². The Morgan fingerprint density at radius 3 is 2.53 bits per heavy atom. The van der Waals surface area contributed by atoms with E-state index in [4.69, 9.17) is 9.05 Å². The van der Waals surface area contributed by atoms with E-state index in [1.54, 1.807) is 12.1 Å². The quantitative estimate of drug-likeness (QED) is 0.711. The molecule has 0 aromatic heterocycles. The van der Waals surface area contributed by atoms with Crippen LogP contribution in [-0.2, 0) is 9.09 Å². The second-order valence-electron chi connectivity index (χ2n) is 2.87. The average molecular weight is 246 g/mol. The first-order chi connectivity index (χ1) is 7.20. The standard InChI is InChI=1S/C10H15O3PS/c1-3-9-15-14(11,12-2)13-10-7-5-4-6-8-10/h4-8H,3,9H2,1-2H3. The summed E-state index contributed by atoms with van der Waals surface area (Å²) in [4.78, 5) is 0. The molecule has 15 heavy (non-hydrogen) atoms. The highest BCUT2D eigenvalue weighted by atomic mass is 32.7. The number of hydrogen-bond acceptors (Lipinski definition) is 4. The second-order valence-corrected chi connectivity index (χ2v) is 7.09. The van der Waals surface area contributed by atoms with E-state index in [0.29, 0.717) is 5.75 Å². The lowest BCUT2D eigenvalue weighted by Crippen LogP contribution is -1.92. The Morgan fingerprint density at radius 1 is 1.33 bits per heavy atom. The third-order valence-corrected chi connectivity index (χ3v) is 5.59. The Hall–Kier alpha value is -0.440. The molecule has 0 N–H and O–H groups in total. The second kappa shape index (κ2) is 6.21. The maximum absolute atomic E-state index is 12.0. The van der Waals surface area contributed by atoms with Gasteiger partial charge in [-0.15, -0.1) is 0 Å². The SMILES string of the molecule is CCCSP(=O)(OC)Oc1ccccc1. The molecule has 1 unspecified atom stereocenters. The van der Waals surface area contributed by atoms with Gasteiger partial charge in [-0.25, -0.2) is 4.57 Å². The van der Waals surface area contributed by atoms with E-state index in [9.17, 15) is 4.57 Å². The first-order valence-corrected chi connectivity index (χ1v) is 7.88. The van der Waals surface area contributed by atoms with Crippen LogP contribution in [0.5, 0.6) is 5.75 Å². The maximum atomic E-state index is 12.0. The van der Waals surface area contributed by atoms with Crippen molar-refractivity contribution in [2.24, 2.45) is 0 Å². The highest BCUT2D eigenvalue weighted by Gasteiger charge is 2.24. The van der Waals surface area contributed by atoms with E-state index < -0.39 is 6.80 Å². The molecule has 0 aliphatic heterocycles. The fourth-order valence-electron chi connectivity index (χ4n) is 0.930. The minimum Gasteiger partial charge on any atom is -0.417 e. The van der Waals surface area contributed by atoms with Crippen LogP contribution >= 0.6 is 18.2 Å². The lowest BCUT2D eigenvalue weighted by atomic mass is 10.3. The van der Waals surface area contributed by atoms with Crippen LogP contribution in [0.15, 0.2) is 30.3 Å². The third kappa shape index (κ3) is 4.29. The molecule has 5 heteroatoms. The molecule has 0 heterocycles. The van der Waals surface area contributed by atoms with E-state index in [1.807, 2.05) is 25.1 Å². The van der Waals surface area contributed by atoms with Gasteiger partial charge in [0.2, 0.25) is 0 Å². The molecule has 1 aromatic carbocycles. The van der Waals surface area contributed by atoms with Crippen molar-refractivity contribution in [3.05, 3.63) is 30.3 Å². The Kier molecular flexibility index (Phi) is 5.23. The fourth-order valence-corrected chi connectivity index (χ4v) is 3.90. The Morgan fingerprint density at radius 2 is 2.00 bits per heavy atom. The van der Waals surface area contributed by atoms with Crippen molar-refractivity contribution >= 4 is 18.2 Å². The van der Waals surface area contributed by atoms with Gasteiger partial charge >= 0.3 is 6.80 Å². The molecule has 1 rings (SSSR count). The van der Waals surface area contributed by atoms with Gasteiger partial charge in [-0.3, -0.25) is 4.52 Å². The number of benzene rings is 1. The molecule has 0 aliphatic carbocycles. The molecule has 0 saturated carbocycles. The van der Waals surface area contributed by atoms with Crippen LogP contribution in [-0.4, -0.2) is 12.9 Å². The molecule has 84 valence electrons. The van der Waals surface area contributed by atoms with Crippen LogP contribution in [0.2, 0.25) is 0 Å². The van der Waals surface area contributed by atoms with Crippen molar-refractivity contribution in [2.45, 2.75) is 13.3 Å². The van der Waals surface area contributed by atoms with Gasteiger partial charge in [0, 0.05) is 12.9 Å². The average Bonchev–Trinajstić information content (AvgIpc) is 2.28. The molecular weight excluding hydrogens is 231 g/mol. The monoisotopic (exact) mass is 246 g/mol. The molecule has 0 saturated heterocycles. The summed E-state index contributed by atoms with van der Waals surface area (Å²) in [6.45, 7) is -0.999. The van der Waals surface area contributed by atoms with Gasteiger partial charge in [-0.2, -0.15) is 0 Å². The Bertz CT molecular complexity index is 329. The van der Waals surface area contributed by atoms with Crippen molar-refractivity contribution in [2.75, 3.05) is 12.9 Å². The topological polar surface area (TPSA) is 35.5 Å². The smallest absolute Gasteiger partial charge is 0.417 e. The van der Waals surface area contributed by atoms with E-state index in [0.717, 1.165) is 12.2 Å². The van der Waals surface area contributed by atoms with Crippen molar-refractivity contribution < 1.29 is 13.6 Å². The van der Waals surface area contributed by atoms with Gasteiger partial charge < -0.3 is 4.52 Å². The summed E-state index contributed by atoms with van der Waals surface area (Å²) in [5.41, 5.74) is 0. The van der Waals surface area contributed by atoms with Crippen molar-refractivity contribution in [3.8, 4) is 5.75 Å². The minimum atomic E-state index is -3.02. The van der Waals surface area contributed by atoms with Gasteiger partial charge in [-0.1, -0.05) is 25.1 Å². The molecule has 0 amide bonds. The summed E-state index contributed by atoms with van der Waals surface area (Å²) in [6.07, 6.45) is 0.941. The summed E-state index contributed by atoms with van der Waals surface area (Å²) in [5, 5.41) is 0. The number of rotatable bonds is 6. The normalized spacial score (nSPS) is 14.5. The van der Waals surface area contributed by atoms with Crippen LogP contribution in [0, 0.1) is 0 Å². The lowest BCUT2D eigenvalue weighted by molar-refractivity contribution is 0.342. The molecule has 3 nitrogen and oxygen atoms in total. The predicted molar refractivity (Wildman–Crippen MR) is 64.4 cm³/mol. The zero-order valence-corrected chi connectivity index (χ0v) is 10.6. The number of hydrogen-bond donors (Lipinski definition) is 0. The summed E-state index contributed by atoms with van der Waals surface area (Å²) in [5.74, 6) is 1.34. The summed E-state index contributed by atoms with van der Waals surface area (Å²) >= 11 is 1.23. The first kappa shape index (κ1) is 12.6. The molecule has 1 atom stereocenters. The highest BCUT2D eigenvalue weighted by molar-refractivity contribution is 8.55. The van der Waals surface area contributed by atoms with Crippen LogP contribution < -0.4 is 4.52 Å². The fraction of sp³-hybridized carbons (Fsp3) is 0.400. The van der Waals surface area contributed by atoms with E-state index >= 15 is 0 Å². The van der Waals surface area contributed by atoms with Crippen molar-refractivity contribution in [1.29, 1.82) is 0 Å². The van der Waals surface area contributed by atoms with Gasteiger partial charge in [0.15, 0.2) is 0 Å². The van der Waals surface area contributed by atoms with Gasteiger partial charge in [0.05, 0.1) is 0 Å². The third-order valence-electron chi connectivity index (χ3n) is 1.64. The zero-order valence-electron chi connectivity index (χ0n) is 8.88.